The summed E-state index contributed by atoms with van der Waals surface area (Å²) in [5.41, 5.74) is 1.83. The third-order valence-electron chi connectivity index (χ3n) is 3.42. The van der Waals surface area contributed by atoms with Crippen molar-refractivity contribution in [1.82, 2.24) is 0 Å². The summed E-state index contributed by atoms with van der Waals surface area (Å²) in [5.74, 6) is 1.64. The maximum absolute atomic E-state index is 2.51. The fourth-order valence-corrected chi connectivity index (χ4v) is 2.10. The molecule has 0 aromatic carbocycles. The Labute approximate surface area is 95.5 Å². The molecule has 1 aliphatic rings. The van der Waals surface area contributed by atoms with Crippen LogP contribution < -0.4 is 0 Å². The summed E-state index contributed by atoms with van der Waals surface area (Å²) < 4.78 is 0. The van der Waals surface area contributed by atoms with Gasteiger partial charge in [0.1, 0.15) is 0 Å². The van der Waals surface area contributed by atoms with Crippen molar-refractivity contribution in [3.8, 4) is 0 Å². The fraction of sp³-hybridized carbons (Fsp3) is 0.733. The van der Waals surface area contributed by atoms with Gasteiger partial charge in [-0.1, -0.05) is 59.3 Å². The molecule has 0 aromatic rings. The quantitative estimate of drug-likeness (QED) is 0.611. The van der Waals surface area contributed by atoms with E-state index in [0.717, 1.165) is 11.8 Å². The lowest BCUT2D eigenvalue weighted by Crippen LogP contribution is -2.13. The van der Waals surface area contributed by atoms with E-state index in [2.05, 4.69) is 52.8 Å². The number of hydrogen-bond donors (Lipinski definition) is 0. The first kappa shape index (κ1) is 12.5. The Bertz CT molecular complexity index is 250. The molecule has 0 heterocycles. The van der Waals surface area contributed by atoms with Crippen LogP contribution >= 0.6 is 0 Å². The van der Waals surface area contributed by atoms with Gasteiger partial charge in [0.05, 0.1) is 0 Å². The molecular formula is C15H26. The summed E-state index contributed by atoms with van der Waals surface area (Å²) in [6.07, 6.45) is 11.1. The summed E-state index contributed by atoms with van der Waals surface area (Å²) in [5, 5.41) is 0. The summed E-state index contributed by atoms with van der Waals surface area (Å²) in [4.78, 5) is 0. The molecule has 2 atom stereocenters. The standard InChI is InChI=1S/C15H26/c1-6-12(2)10-13-8-7-9-14(11-13)15(3,4)5/h7,9,11-13H,6,8,10H2,1-5H3. The molecular weight excluding hydrogens is 180 g/mol. The van der Waals surface area contributed by atoms with Gasteiger partial charge >= 0.3 is 0 Å². The van der Waals surface area contributed by atoms with Crippen LogP contribution in [0, 0.1) is 17.3 Å². The lowest BCUT2D eigenvalue weighted by atomic mass is 9.79. The first-order valence-corrected chi connectivity index (χ1v) is 6.32. The van der Waals surface area contributed by atoms with Crippen molar-refractivity contribution < 1.29 is 0 Å². The maximum Gasteiger partial charge on any atom is -0.0135 e. The molecule has 0 nitrogen and oxygen atoms in total. The molecule has 0 heteroatoms. The zero-order chi connectivity index (χ0) is 11.5. The third kappa shape index (κ3) is 3.85. The Morgan fingerprint density at radius 2 is 2.07 bits per heavy atom. The second kappa shape index (κ2) is 5.01. The van der Waals surface area contributed by atoms with Crippen molar-refractivity contribution in [3.63, 3.8) is 0 Å². The topological polar surface area (TPSA) is 0 Å². The Hall–Kier alpha value is -0.520. The van der Waals surface area contributed by atoms with Gasteiger partial charge in [0.15, 0.2) is 0 Å². The average molecular weight is 206 g/mol. The highest BCUT2D eigenvalue weighted by atomic mass is 14.2. The van der Waals surface area contributed by atoms with E-state index in [0.29, 0.717) is 5.41 Å². The van der Waals surface area contributed by atoms with Crippen molar-refractivity contribution in [2.24, 2.45) is 17.3 Å². The molecule has 0 amide bonds. The highest BCUT2D eigenvalue weighted by Gasteiger charge is 2.19. The summed E-state index contributed by atoms with van der Waals surface area (Å²) in [7, 11) is 0. The van der Waals surface area contributed by atoms with Crippen LogP contribution in [0.25, 0.3) is 0 Å². The van der Waals surface area contributed by atoms with E-state index in [1.54, 1.807) is 0 Å². The zero-order valence-corrected chi connectivity index (χ0v) is 11.0. The van der Waals surface area contributed by atoms with E-state index in [4.69, 9.17) is 0 Å². The molecule has 0 saturated carbocycles. The van der Waals surface area contributed by atoms with Crippen LogP contribution in [0.4, 0.5) is 0 Å². The molecule has 15 heavy (non-hydrogen) atoms. The second-order valence-corrected chi connectivity index (χ2v) is 6.02. The van der Waals surface area contributed by atoms with Crippen LogP contribution in [-0.2, 0) is 0 Å². The van der Waals surface area contributed by atoms with Gasteiger partial charge in [0, 0.05) is 0 Å². The molecule has 0 bridgehead atoms. The normalized spacial score (nSPS) is 23.8. The monoisotopic (exact) mass is 206 g/mol. The van der Waals surface area contributed by atoms with Gasteiger partial charge in [-0.2, -0.15) is 0 Å². The number of allylic oxidation sites excluding steroid dienone is 4. The number of rotatable bonds is 3. The van der Waals surface area contributed by atoms with Crippen molar-refractivity contribution in [1.29, 1.82) is 0 Å². The highest BCUT2D eigenvalue weighted by molar-refractivity contribution is 5.28. The van der Waals surface area contributed by atoms with Gasteiger partial charge in [-0.3, -0.25) is 0 Å². The predicted octanol–water partition coefficient (Wildman–Crippen LogP) is 4.97. The molecule has 0 aliphatic heterocycles. The van der Waals surface area contributed by atoms with Crippen molar-refractivity contribution in [3.05, 3.63) is 23.8 Å². The lowest BCUT2D eigenvalue weighted by Gasteiger charge is -2.27. The Morgan fingerprint density at radius 1 is 1.40 bits per heavy atom. The van der Waals surface area contributed by atoms with E-state index in [1.165, 1.54) is 24.8 Å². The number of hydrogen-bond acceptors (Lipinski definition) is 0. The minimum absolute atomic E-state index is 0.310. The van der Waals surface area contributed by atoms with Gasteiger partial charge in [-0.25, -0.2) is 0 Å². The van der Waals surface area contributed by atoms with Crippen molar-refractivity contribution in [2.75, 3.05) is 0 Å². The van der Waals surface area contributed by atoms with Gasteiger partial charge in [-0.15, -0.1) is 0 Å². The van der Waals surface area contributed by atoms with E-state index in [1.807, 2.05) is 0 Å². The van der Waals surface area contributed by atoms with Gasteiger partial charge < -0.3 is 0 Å². The summed E-state index contributed by atoms with van der Waals surface area (Å²) >= 11 is 0. The lowest BCUT2D eigenvalue weighted by molar-refractivity contribution is 0.423. The largest absolute Gasteiger partial charge is 0.0837 e. The molecule has 0 saturated heterocycles. The SMILES string of the molecule is CCC(C)CC1C=C(C(C)(C)C)C=CC1. The van der Waals surface area contributed by atoms with E-state index in [9.17, 15) is 0 Å². The molecule has 1 aliphatic carbocycles. The van der Waals surface area contributed by atoms with E-state index < -0.39 is 0 Å². The first-order valence-electron chi connectivity index (χ1n) is 6.32. The molecule has 86 valence electrons. The minimum Gasteiger partial charge on any atom is -0.0837 e. The van der Waals surface area contributed by atoms with Crippen LogP contribution in [0.5, 0.6) is 0 Å². The molecule has 2 unspecified atom stereocenters. The van der Waals surface area contributed by atoms with E-state index in [-0.39, 0.29) is 0 Å². The van der Waals surface area contributed by atoms with Crippen LogP contribution in [0.2, 0.25) is 0 Å². The first-order chi connectivity index (χ1) is 6.93. The van der Waals surface area contributed by atoms with Crippen LogP contribution in [0.3, 0.4) is 0 Å². The summed E-state index contributed by atoms with van der Waals surface area (Å²) in [6, 6.07) is 0. The molecule has 0 radical (unpaired) electrons. The Kier molecular flexibility index (Phi) is 4.19. The maximum atomic E-state index is 2.51. The van der Waals surface area contributed by atoms with Crippen molar-refractivity contribution in [2.45, 2.75) is 53.9 Å². The molecule has 1 rings (SSSR count). The van der Waals surface area contributed by atoms with Crippen LogP contribution in [0.15, 0.2) is 23.8 Å². The predicted molar refractivity (Wildman–Crippen MR) is 68.9 cm³/mol. The minimum atomic E-state index is 0.310. The van der Waals surface area contributed by atoms with Crippen LogP contribution in [0.1, 0.15) is 53.9 Å². The third-order valence-corrected chi connectivity index (χ3v) is 3.42. The molecule has 0 aromatic heterocycles. The fourth-order valence-electron chi connectivity index (χ4n) is 2.10. The Morgan fingerprint density at radius 3 is 2.60 bits per heavy atom. The van der Waals surface area contributed by atoms with Crippen LogP contribution in [-0.4, -0.2) is 0 Å². The van der Waals surface area contributed by atoms with Crippen molar-refractivity contribution >= 4 is 0 Å². The van der Waals surface area contributed by atoms with E-state index >= 15 is 0 Å². The highest BCUT2D eigenvalue weighted by Crippen LogP contribution is 2.33. The second-order valence-electron chi connectivity index (χ2n) is 6.02. The summed E-state index contributed by atoms with van der Waals surface area (Å²) in [6.45, 7) is 11.6. The van der Waals surface area contributed by atoms with Gasteiger partial charge in [0.2, 0.25) is 0 Å². The van der Waals surface area contributed by atoms with Gasteiger partial charge in [0.25, 0.3) is 0 Å². The molecule has 0 spiro atoms. The molecule has 0 fully saturated rings. The van der Waals surface area contributed by atoms with Gasteiger partial charge in [-0.05, 0) is 35.7 Å². The zero-order valence-electron chi connectivity index (χ0n) is 11.0. The smallest absolute Gasteiger partial charge is 0.0135 e. The molecule has 0 N–H and O–H groups in total. The average Bonchev–Trinajstić information content (AvgIpc) is 2.17. The Balaban J connectivity index is 2.64.